The number of benzene rings is 3. The summed E-state index contributed by atoms with van der Waals surface area (Å²) in [6.45, 7) is 4.52. The maximum Gasteiger partial charge on any atom is 0.335 e. The van der Waals surface area contributed by atoms with Crippen molar-refractivity contribution < 1.29 is 19.1 Å². The summed E-state index contributed by atoms with van der Waals surface area (Å²) in [4.78, 5) is 15.7. The molecule has 0 bridgehead atoms. The van der Waals surface area contributed by atoms with Crippen LogP contribution in [0.4, 0.5) is 0 Å². The minimum atomic E-state index is -0.930. The van der Waals surface area contributed by atoms with Gasteiger partial charge in [0.2, 0.25) is 5.89 Å². The maximum atomic E-state index is 11.1. The van der Waals surface area contributed by atoms with Gasteiger partial charge in [-0.2, -0.15) is 0 Å². The Balaban J connectivity index is 1.42. The number of carbonyl (C=O) groups is 1. The fraction of sp³-hybridized carbons (Fsp3) is 0.200. The monoisotopic (exact) mass is 401 g/mol. The molecular weight excluding hydrogens is 378 g/mol. The van der Waals surface area contributed by atoms with Crippen LogP contribution in [0.15, 0.2) is 65.1 Å². The van der Waals surface area contributed by atoms with Gasteiger partial charge in [-0.1, -0.05) is 31.2 Å². The van der Waals surface area contributed by atoms with Crippen molar-refractivity contribution in [2.24, 2.45) is 0 Å². The Morgan fingerprint density at radius 2 is 1.77 bits per heavy atom. The lowest BCUT2D eigenvalue weighted by molar-refractivity contribution is 0.0697. The molecule has 4 rings (SSSR count). The number of hydrogen-bond donors (Lipinski definition) is 1. The third-order valence-corrected chi connectivity index (χ3v) is 5.17. The highest BCUT2D eigenvalue weighted by Gasteiger charge is 2.12. The molecule has 0 atom stereocenters. The van der Waals surface area contributed by atoms with Gasteiger partial charge in [-0.3, -0.25) is 0 Å². The van der Waals surface area contributed by atoms with Gasteiger partial charge in [0.05, 0.1) is 17.9 Å². The van der Waals surface area contributed by atoms with Gasteiger partial charge in [0.25, 0.3) is 0 Å². The smallest absolute Gasteiger partial charge is 0.335 e. The Hall–Kier alpha value is -3.60. The van der Waals surface area contributed by atoms with Gasteiger partial charge in [-0.25, -0.2) is 9.78 Å². The first-order valence-electron chi connectivity index (χ1n) is 9.99. The predicted molar refractivity (Wildman–Crippen MR) is 116 cm³/mol. The Bertz CT molecular complexity index is 1190. The van der Waals surface area contributed by atoms with E-state index in [1.54, 1.807) is 18.2 Å². The summed E-state index contributed by atoms with van der Waals surface area (Å²) in [6, 6.07) is 19.0. The highest BCUT2D eigenvalue weighted by Crippen LogP contribution is 2.24. The molecule has 30 heavy (non-hydrogen) atoms. The van der Waals surface area contributed by atoms with E-state index in [0.717, 1.165) is 40.0 Å². The lowest BCUT2D eigenvalue weighted by atomic mass is 10.1. The number of nitrogens with zero attached hydrogens (tertiary/aromatic N) is 1. The molecule has 0 saturated heterocycles. The third kappa shape index (κ3) is 4.20. The molecule has 0 unspecified atom stereocenters. The minimum absolute atomic E-state index is 0.276. The van der Waals surface area contributed by atoms with Crippen molar-refractivity contribution in [2.75, 3.05) is 6.61 Å². The molecule has 0 saturated carbocycles. The molecule has 1 aromatic heterocycles. The number of aryl methyl sites for hydroxylation is 2. The molecule has 0 spiro atoms. The van der Waals surface area contributed by atoms with Crippen molar-refractivity contribution in [2.45, 2.75) is 26.7 Å². The normalized spacial score (nSPS) is 11.0. The zero-order chi connectivity index (χ0) is 21.1. The zero-order valence-corrected chi connectivity index (χ0v) is 17.0. The van der Waals surface area contributed by atoms with Crippen LogP contribution in [-0.2, 0) is 12.8 Å². The number of hydrogen-bond acceptors (Lipinski definition) is 4. The number of aromatic nitrogens is 1. The van der Waals surface area contributed by atoms with Crippen LogP contribution in [-0.4, -0.2) is 22.7 Å². The summed E-state index contributed by atoms with van der Waals surface area (Å²) in [5.74, 6) is 1.24. The van der Waals surface area contributed by atoms with Crippen LogP contribution in [0.2, 0.25) is 0 Å². The molecule has 0 aliphatic heterocycles. The molecule has 4 aromatic rings. The molecule has 0 amide bonds. The van der Waals surface area contributed by atoms with Crippen molar-refractivity contribution in [3.05, 3.63) is 83.2 Å². The summed E-state index contributed by atoms with van der Waals surface area (Å²) in [5, 5.41) is 10.9. The molecule has 1 N–H and O–H groups in total. The van der Waals surface area contributed by atoms with Crippen LogP contribution >= 0.6 is 0 Å². The zero-order valence-electron chi connectivity index (χ0n) is 17.0. The Morgan fingerprint density at radius 1 is 1.03 bits per heavy atom. The quantitative estimate of drug-likeness (QED) is 0.431. The van der Waals surface area contributed by atoms with Crippen LogP contribution in [0.5, 0.6) is 5.75 Å². The number of carboxylic acid groups (broad SMARTS) is 1. The summed E-state index contributed by atoms with van der Waals surface area (Å²) >= 11 is 0. The average Bonchev–Trinajstić information content (AvgIpc) is 3.13. The van der Waals surface area contributed by atoms with Crippen molar-refractivity contribution in [3.8, 4) is 17.2 Å². The first-order valence-corrected chi connectivity index (χ1v) is 9.99. The largest absolute Gasteiger partial charge is 0.493 e. The van der Waals surface area contributed by atoms with Gasteiger partial charge >= 0.3 is 5.97 Å². The number of rotatable bonds is 7. The van der Waals surface area contributed by atoms with Gasteiger partial charge in [-0.05, 0) is 66.1 Å². The van der Waals surface area contributed by atoms with E-state index in [9.17, 15) is 4.79 Å². The van der Waals surface area contributed by atoms with Gasteiger partial charge in [0, 0.05) is 12.0 Å². The van der Waals surface area contributed by atoms with Crippen molar-refractivity contribution >= 4 is 16.7 Å². The fourth-order valence-electron chi connectivity index (χ4n) is 3.38. The first kappa shape index (κ1) is 19.7. The van der Waals surface area contributed by atoms with Gasteiger partial charge in [0.1, 0.15) is 11.5 Å². The summed E-state index contributed by atoms with van der Waals surface area (Å²) in [7, 11) is 0. The third-order valence-electron chi connectivity index (χ3n) is 5.17. The standard InChI is InChI=1S/C25H23NO4/c1-3-17-4-6-18(7-5-17)24-26-23(16(2)30-24)12-13-29-22-11-10-19-14-21(25(27)28)9-8-20(19)15-22/h4-11,14-15H,3,12-13H2,1-2H3,(H,27,28). The minimum Gasteiger partial charge on any atom is -0.493 e. The van der Waals surface area contributed by atoms with Crippen molar-refractivity contribution in [1.29, 1.82) is 0 Å². The number of ether oxygens (including phenoxy) is 1. The van der Waals surface area contributed by atoms with Crippen molar-refractivity contribution in [3.63, 3.8) is 0 Å². The van der Waals surface area contributed by atoms with Crippen LogP contribution in [0, 0.1) is 6.92 Å². The van der Waals surface area contributed by atoms with Crippen LogP contribution in [0.25, 0.3) is 22.2 Å². The summed E-state index contributed by atoms with van der Waals surface area (Å²) in [5.41, 5.74) is 3.41. The van der Waals surface area contributed by atoms with Crippen LogP contribution < -0.4 is 4.74 Å². The van der Waals surface area contributed by atoms with Crippen LogP contribution in [0.1, 0.15) is 34.3 Å². The highest BCUT2D eigenvalue weighted by atomic mass is 16.5. The van der Waals surface area contributed by atoms with E-state index in [2.05, 4.69) is 24.0 Å². The van der Waals surface area contributed by atoms with E-state index >= 15 is 0 Å². The lowest BCUT2D eigenvalue weighted by Crippen LogP contribution is -2.02. The SMILES string of the molecule is CCc1ccc(-c2nc(CCOc3ccc4cc(C(=O)O)ccc4c3)c(C)o2)cc1. The topological polar surface area (TPSA) is 72.6 Å². The molecule has 3 aromatic carbocycles. The molecule has 152 valence electrons. The van der Waals surface area contributed by atoms with E-state index in [4.69, 9.17) is 14.3 Å². The molecule has 5 nitrogen and oxygen atoms in total. The Kier molecular flexibility index (Phi) is 5.53. The number of fused-ring (bicyclic) bond motifs is 1. The number of aromatic carboxylic acids is 1. The van der Waals surface area contributed by atoms with E-state index in [1.807, 2.05) is 37.3 Å². The van der Waals surface area contributed by atoms with E-state index in [-0.39, 0.29) is 5.56 Å². The van der Waals surface area contributed by atoms with Crippen LogP contribution in [0.3, 0.4) is 0 Å². The number of carboxylic acids is 1. The molecule has 0 fully saturated rings. The second-order valence-corrected chi connectivity index (χ2v) is 7.20. The molecule has 0 aliphatic rings. The van der Waals surface area contributed by atoms with Gasteiger partial charge < -0.3 is 14.3 Å². The van der Waals surface area contributed by atoms with Gasteiger partial charge in [-0.15, -0.1) is 0 Å². The lowest BCUT2D eigenvalue weighted by Gasteiger charge is -2.07. The fourth-order valence-corrected chi connectivity index (χ4v) is 3.38. The van der Waals surface area contributed by atoms with E-state index in [1.165, 1.54) is 5.56 Å². The maximum absolute atomic E-state index is 11.1. The predicted octanol–water partition coefficient (Wildman–Crippen LogP) is 5.69. The first-order chi connectivity index (χ1) is 14.5. The highest BCUT2D eigenvalue weighted by molar-refractivity contribution is 5.94. The van der Waals surface area contributed by atoms with Crippen molar-refractivity contribution in [1.82, 2.24) is 4.98 Å². The molecule has 0 aliphatic carbocycles. The summed E-state index contributed by atoms with van der Waals surface area (Å²) in [6.07, 6.45) is 1.64. The summed E-state index contributed by atoms with van der Waals surface area (Å²) < 4.78 is 11.7. The second-order valence-electron chi connectivity index (χ2n) is 7.20. The molecule has 1 heterocycles. The van der Waals surface area contributed by atoms with E-state index in [0.29, 0.717) is 18.9 Å². The Labute approximate surface area is 175 Å². The Morgan fingerprint density at radius 3 is 2.50 bits per heavy atom. The molecular formula is C25H23NO4. The second kappa shape index (κ2) is 8.41. The van der Waals surface area contributed by atoms with Gasteiger partial charge in [0.15, 0.2) is 0 Å². The molecule has 5 heteroatoms. The molecule has 0 radical (unpaired) electrons. The number of oxazole rings is 1. The average molecular weight is 401 g/mol. The van der Waals surface area contributed by atoms with E-state index < -0.39 is 5.97 Å².